The van der Waals surface area contributed by atoms with Gasteiger partial charge in [-0.2, -0.15) is 0 Å². The van der Waals surface area contributed by atoms with E-state index in [1.807, 2.05) is 24.3 Å². The van der Waals surface area contributed by atoms with Crippen molar-refractivity contribution < 1.29 is 4.79 Å². The average Bonchev–Trinajstić information content (AvgIpc) is 2.84. The molecule has 0 aromatic heterocycles. The number of carbonyl (C=O) groups excluding carboxylic acids is 1. The van der Waals surface area contributed by atoms with Crippen molar-refractivity contribution in [2.75, 3.05) is 31.5 Å². The van der Waals surface area contributed by atoms with Crippen LogP contribution in [0.4, 0.5) is 5.69 Å². The van der Waals surface area contributed by atoms with E-state index in [0.717, 1.165) is 25.2 Å². The number of rotatable bonds is 5. The highest BCUT2D eigenvalue weighted by atomic mass is 16.2. The molecule has 3 N–H and O–H groups in total. The largest absolute Gasteiger partial charge is 0.330 e. The lowest BCUT2D eigenvalue weighted by Gasteiger charge is -2.14. The maximum atomic E-state index is 11.8. The zero-order chi connectivity index (χ0) is 12.8. The van der Waals surface area contributed by atoms with Crippen molar-refractivity contribution in [3.8, 4) is 0 Å². The van der Waals surface area contributed by atoms with Gasteiger partial charge in [0.05, 0.1) is 6.54 Å². The van der Waals surface area contributed by atoms with Gasteiger partial charge in [0.15, 0.2) is 0 Å². The van der Waals surface area contributed by atoms with Crippen LogP contribution in [0.1, 0.15) is 18.4 Å². The van der Waals surface area contributed by atoms with Crippen molar-refractivity contribution in [3.63, 3.8) is 0 Å². The van der Waals surface area contributed by atoms with Crippen LogP contribution >= 0.6 is 0 Å². The van der Waals surface area contributed by atoms with Crippen LogP contribution in [0.5, 0.6) is 0 Å². The third-order valence-electron chi connectivity index (χ3n) is 3.24. The standard InChI is InChI=1S/C14H21N3O/c15-8-7-12-3-5-13(6-4-12)16-14(18)11-17-9-1-2-10-17/h3-6H,1-2,7-11,15H2,(H,16,18). The lowest BCUT2D eigenvalue weighted by molar-refractivity contribution is -0.117. The van der Waals surface area contributed by atoms with Crippen LogP contribution in [-0.4, -0.2) is 37.0 Å². The molecule has 1 amide bonds. The molecule has 1 aliphatic rings. The SMILES string of the molecule is NCCc1ccc(NC(=O)CN2CCCC2)cc1. The number of hydrogen-bond acceptors (Lipinski definition) is 3. The second-order valence-electron chi connectivity index (χ2n) is 4.77. The molecule has 98 valence electrons. The number of nitrogens with one attached hydrogen (secondary N) is 1. The molecule has 1 fully saturated rings. The van der Waals surface area contributed by atoms with Crippen LogP contribution in [0.15, 0.2) is 24.3 Å². The molecule has 2 rings (SSSR count). The lowest BCUT2D eigenvalue weighted by atomic mass is 10.1. The van der Waals surface area contributed by atoms with E-state index >= 15 is 0 Å². The normalized spacial score (nSPS) is 15.8. The first-order valence-electron chi connectivity index (χ1n) is 6.59. The molecule has 18 heavy (non-hydrogen) atoms. The van der Waals surface area contributed by atoms with Crippen molar-refractivity contribution >= 4 is 11.6 Å². The fourth-order valence-electron chi connectivity index (χ4n) is 2.27. The monoisotopic (exact) mass is 247 g/mol. The van der Waals surface area contributed by atoms with E-state index < -0.39 is 0 Å². The Bertz CT molecular complexity index is 383. The summed E-state index contributed by atoms with van der Waals surface area (Å²) in [6.45, 7) is 3.25. The third kappa shape index (κ3) is 3.82. The minimum atomic E-state index is 0.0727. The minimum absolute atomic E-state index is 0.0727. The van der Waals surface area contributed by atoms with Gasteiger partial charge in [-0.15, -0.1) is 0 Å². The van der Waals surface area contributed by atoms with Crippen LogP contribution in [0.25, 0.3) is 0 Å². The Balaban J connectivity index is 1.82. The van der Waals surface area contributed by atoms with Gasteiger partial charge < -0.3 is 11.1 Å². The second-order valence-corrected chi connectivity index (χ2v) is 4.77. The Hall–Kier alpha value is -1.39. The number of benzene rings is 1. The van der Waals surface area contributed by atoms with Crippen LogP contribution in [0, 0.1) is 0 Å². The lowest BCUT2D eigenvalue weighted by Crippen LogP contribution is -2.30. The first kappa shape index (κ1) is 13.1. The summed E-state index contributed by atoms with van der Waals surface area (Å²) in [6.07, 6.45) is 3.30. The van der Waals surface area contributed by atoms with E-state index in [9.17, 15) is 4.79 Å². The molecule has 0 aliphatic carbocycles. The maximum Gasteiger partial charge on any atom is 0.238 e. The highest BCUT2D eigenvalue weighted by Crippen LogP contribution is 2.11. The van der Waals surface area contributed by atoms with Gasteiger partial charge in [0, 0.05) is 5.69 Å². The average molecular weight is 247 g/mol. The number of carbonyl (C=O) groups is 1. The van der Waals surface area contributed by atoms with Crippen molar-refractivity contribution in [2.24, 2.45) is 5.73 Å². The third-order valence-corrected chi connectivity index (χ3v) is 3.24. The fraction of sp³-hybridized carbons (Fsp3) is 0.500. The molecule has 1 aliphatic heterocycles. The van der Waals surface area contributed by atoms with Crippen molar-refractivity contribution in [1.29, 1.82) is 0 Å². The Morgan fingerprint density at radius 3 is 2.50 bits per heavy atom. The topological polar surface area (TPSA) is 58.4 Å². The number of likely N-dealkylation sites (tertiary alicyclic amines) is 1. The van der Waals surface area contributed by atoms with Gasteiger partial charge in [0.1, 0.15) is 0 Å². The molecule has 0 spiro atoms. The molecule has 1 saturated heterocycles. The molecule has 0 unspecified atom stereocenters. The number of nitrogens with zero attached hydrogens (tertiary/aromatic N) is 1. The molecule has 0 radical (unpaired) electrons. The van der Waals surface area contributed by atoms with Gasteiger partial charge in [-0.1, -0.05) is 12.1 Å². The molecular formula is C14H21N3O. The molecule has 1 aromatic carbocycles. The maximum absolute atomic E-state index is 11.8. The molecule has 1 aromatic rings. The molecule has 4 heteroatoms. The Morgan fingerprint density at radius 1 is 1.22 bits per heavy atom. The summed E-state index contributed by atoms with van der Waals surface area (Å²) in [4.78, 5) is 14.0. The summed E-state index contributed by atoms with van der Waals surface area (Å²) in [5, 5.41) is 2.93. The Labute approximate surface area is 108 Å². The number of hydrogen-bond donors (Lipinski definition) is 2. The second kappa shape index (κ2) is 6.52. The van der Waals surface area contributed by atoms with Gasteiger partial charge in [-0.3, -0.25) is 9.69 Å². The summed E-state index contributed by atoms with van der Waals surface area (Å²) < 4.78 is 0. The van der Waals surface area contributed by atoms with Gasteiger partial charge in [-0.25, -0.2) is 0 Å². The predicted octanol–water partition coefficient (Wildman–Crippen LogP) is 1.22. The first-order valence-corrected chi connectivity index (χ1v) is 6.59. The number of amides is 1. The molecule has 1 heterocycles. The molecular weight excluding hydrogens is 226 g/mol. The van der Waals surface area contributed by atoms with Crippen molar-refractivity contribution in [2.45, 2.75) is 19.3 Å². The van der Waals surface area contributed by atoms with E-state index in [1.165, 1.54) is 18.4 Å². The fourth-order valence-corrected chi connectivity index (χ4v) is 2.27. The summed E-state index contributed by atoms with van der Waals surface area (Å²) in [5.74, 6) is 0.0727. The van der Waals surface area contributed by atoms with Crippen LogP contribution in [0.3, 0.4) is 0 Å². The molecule has 0 bridgehead atoms. The minimum Gasteiger partial charge on any atom is -0.330 e. The van der Waals surface area contributed by atoms with E-state index in [2.05, 4.69) is 10.2 Å². The Morgan fingerprint density at radius 2 is 1.89 bits per heavy atom. The van der Waals surface area contributed by atoms with E-state index in [0.29, 0.717) is 13.1 Å². The number of anilines is 1. The van der Waals surface area contributed by atoms with Crippen molar-refractivity contribution in [3.05, 3.63) is 29.8 Å². The zero-order valence-electron chi connectivity index (χ0n) is 10.7. The highest BCUT2D eigenvalue weighted by molar-refractivity contribution is 5.92. The first-order chi connectivity index (χ1) is 8.78. The van der Waals surface area contributed by atoms with E-state index in [1.54, 1.807) is 0 Å². The highest BCUT2D eigenvalue weighted by Gasteiger charge is 2.14. The van der Waals surface area contributed by atoms with E-state index in [-0.39, 0.29) is 5.91 Å². The summed E-state index contributed by atoms with van der Waals surface area (Å²) in [6, 6.07) is 7.90. The summed E-state index contributed by atoms with van der Waals surface area (Å²) in [7, 11) is 0. The van der Waals surface area contributed by atoms with Gasteiger partial charge >= 0.3 is 0 Å². The van der Waals surface area contributed by atoms with Crippen LogP contribution in [-0.2, 0) is 11.2 Å². The summed E-state index contributed by atoms with van der Waals surface area (Å²) in [5.41, 5.74) is 7.56. The zero-order valence-corrected chi connectivity index (χ0v) is 10.7. The molecule has 4 nitrogen and oxygen atoms in total. The van der Waals surface area contributed by atoms with Crippen LogP contribution < -0.4 is 11.1 Å². The quantitative estimate of drug-likeness (QED) is 0.822. The smallest absolute Gasteiger partial charge is 0.238 e. The number of nitrogens with two attached hydrogens (primary N) is 1. The molecule has 0 saturated carbocycles. The summed E-state index contributed by atoms with van der Waals surface area (Å²) >= 11 is 0. The van der Waals surface area contributed by atoms with E-state index in [4.69, 9.17) is 5.73 Å². The molecule has 0 atom stereocenters. The Kier molecular flexibility index (Phi) is 4.73. The van der Waals surface area contributed by atoms with Crippen molar-refractivity contribution in [1.82, 2.24) is 4.90 Å². The van der Waals surface area contributed by atoms with Gasteiger partial charge in [0.25, 0.3) is 0 Å². The van der Waals surface area contributed by atoms with Gasteiger partial charge in [-0.05, 0) is 56.6 Å². The van der Waals surface area contributed by atoms with Gasteiger partial charge in [0.2, 0.25) is 5.91 Å². The van der Waals surface area contributed by atoms with Crippen LogP contribution in [0.2, 0.25) is 0 Å². The predicted molar refractivity (Wildman–Crippen MR) is 73.5 cm³/mol.